The molecular weight excluding hydrogens is 290 g/mol. The fourth-order valence-electron chi connectivity index (χ4n) is 4.60. The van der Waals surface area contributed by atoms with Crippen LogP contribution in [0.5, 0.6) is 0 Å². The van der Waals surface area contributed by atoms with Crippen LogP contribution < -0.4 is 0 Å². The van der Waals surface area contributed by atoms with Crippen molar-refractivity contribution in [2.24, 2.45) is 0 Å². The van der Waals surface area contributed by atoms with Crippen LogP contribution in [0.2, 0.25) is 0 Å². The molecule has 6 atom stereocenters. The first-order chi connectivity index (χ1) is 11.0. The van der Waals surface area contributed by atoms with Crippen molar-refractivity contribution in [3.05, 3.63) is 42.5 Å². The van der Waals surface area contributed by atoms with Gasteiger partial charge in [0.25, 0.3) is 0 Å². The Hall–Kier alpha value is -1.65. The third-order valence-electron chi connectivity index (χ3n) is 6.17. The first kappa shape index (κ1) is 14.9. The number of benzene rings is 1. The summed E-state index contributed by atoms with van der Waals surface area (Å²) in [5, 5.41) is 0. The molecule has 1 aromatic rings. The summed E-state index contributed by atoms with van der Waals surface area (Å²) in [6.07, 6.45) is 2.55. The van der Waals surface area contributed by atoms with Gasteiger partial charge in [-0.1, -0.05) is 36.9 Å². The number of ether oxygens (including phenoxy) is 2. The third-order valence-corrected chi connectivity index (χ3v) is 6.17. The van der Waals surface area contributed by atoms with Crippen LogP contribution in [0.25, 0.3) is 5.57 Å². The fourth-order valence-corrected chi connectivity index (χ4v) is 4.60. The Morgan fingerprint density at radius 3 is 2.43 bits per heavy atom. The van der Waals surface area contributed by atoms with E-state index in [-0.39, 0.29) is 12.1 Å². The van der Waals surface area contributed by atoms with Gasteiger partial charge in [-0.05, 0) is 12.5 Å². The molecule has 4 unspecified atom stereocenters. The molecule has 0 radical (unpaired) electrons. The lowest BCUT2D eigenvalue weighted by Crippen LogP contribution is -2.62. The Kier molecular flexibility index (Phi) is 3.36. The first-order valence-electron chi connectivity index (χ1n) is 8.50. The van der Waals surface area contributed by atoms with Gasteiger partial charge in [-0.3, -0.25) is 0 Å². The molecule has 4 heteroatoms. The van der Waals surface area contributed by atoms with Crippen molar-refractivity contribution in [3.8, 4) is 0 Å². The minimum Gasteiger partial charge on any atom is -0.458 e. The summed E-state index contributed by atoms with van der Waals surface area (Å²) in [7, 11) is 2.33. The molecule has 3 aliphatic rings. The SMILES string of the molecule is C=C(C(=O)OC1C[C@@H]2C3OC3[C@H](C1)[N+]2(C)CC)c1ccccc1. The van der Waals surface area contributed by atoms with Crippen LogP contribution in [0, 0.1) is 0 Å². The molecular formula is C19H24NO3+. The molecule has 4 rings (SSSR count). The summed E-state index contributed by atoms with van der Waals surface area (Å²) in [5.74, 6) is -0.289. The van der Waals surface area contributed by atoms with Gasteiger partial charge in [0.2, 0.25) is 0 Å². The maximum Gasteiger partial charge on any atom is 0.338 e. The molecule has 3 saturated heterocycles. The van der Waals surface area contributed by atoms with E-state index in [9.17, 15) is 4.79 Å². The molecule has 3 fully saturated rings. The van der Waals surface area contributed by atoms with Crippen LogP contribution in [0.1, 0.15) is 25.3 Å². The minimum absolute atomic E-state index is 0.00730. The number of morpholine rings is 1. The number of hydrogen-bond donors (Lipinski definition) is 0. The van der Waals surface area contributed by atoms with Gasteiger partial charge in [-0.25, -0.2) is 4.79 Å². The Labute approximate surface area is 137 Å². The normalized spacial score (nSPS) is 40.3. The zero-order chi connectivity index (χ0) is 16.2. The maximum atomic E-state index is 12.4. The van der Waals surface area contributed by atoms with Gasteiger partial charge < -0.3 is 14.0 Å². The van der Waals surface area contributed by atoms with E-state index in [0.717, 1.165) is 29.4 Å². The molecule has 0 aliphatic carbocycles. The number of fused-ring (bicyclic) bond motifs is 5. The highest BCUT2D eigenvalue weighted by molar-refractivity contribution is 6.15. The van der Waals surface area contributed by atoms with Crippen LogP contribution in [0.4, 0.5) is 0 Å². The van der Waals surface area contributed by atoms with Crippen molar-refractivity contribution in [3.63, 3.8) is 0 Å². The number of carbonyl (C=O) groups is 1. The van der Waals surface area contributed by atoms with E-state index in [0.29, 0.717) is 29.9 Å². The van der Waals surface area contributed by atoms with Crippen molar-refractivity contribution in [1.82, 2.24) is 0 Å². The molecule has 0 amide bonds. The molecule has 2 bridgehead atoms. The van der Waals surface area contributed by atoms with Crippen molar-refractivity contribution in [2.75, 3.05) is 13.6 Å². The average molecular weight is 314 g/mol. The number of nitrogens with zero attached hydrogens (tertiary/aromatic N) is 1. The quantitative estimate of drug-likeness (QED) is 0.371. The topological polar surface area (TPSA) is 38.8 Å². The molecule has 0 N–H and O–H groups in total. The molecule has 122 valence electrons. The average Bonchev–Trinajstić information content (AvgIpc) is 3.33. The van der Waals surface area contributed by atoms with E-state index in [2.05, 4.69) is 20.6 Å². The maximum absolute atomic E-state index is 12.4. The van der Waals surface area contributed by atoms with Crippen molar-refractivity contribution >= 4 is 11.5 Å². The molecule has 0 aromatic heterocycles. The van der Waals surface area contributed by atoms with E-state index in [4.69, 9.17) is 9.47 Å². The summed E-state index contributed by atoms with van der Waals surface area (Å²) in [6.45, 7) is 7.27. The second kappa shape index (κ2) is 5.18. The second-order valence-electron chi connectivity index (χ2n) is 7.21. The molecule has 4 nitrogen and oxygen atoms in total. The van der Waals surface area contributed by atoms with E-state index in [1.54, 1.807) is 0 Å². The predicted molar refractivity (Wildman–Crippen MR) is 87.6 cm³/mol. The number of quaternary nitrogens is 1. The van der Waals surface area contributed by atoms with Crippen LogP contribution in [-0.2, 0) is 14.3 Å². The summed E-state index contributed by atoms with van der Waals surface area (Å²) in [6, 6.07) is 10.5. The predicted octanol–water partition coefficient (Wildman–Crippen LogP) is 2.39. The van der Waals surface area contributed by atoms with E-state index in [1.807, 2.05) is 30.3 Å². The Balaban J connectivity index is 1.44. The molecule has 1 aromatic carbocycles. The molecule has 3 aliphatic heterocycles. The van der Waals surface area contributed by atoms with Gasteiger partial charge in [0, 0.05) is 12.8 Å². The Morgan fingerprint density at radius 1 is 1.26 bits per heavy atom. The number of piperidine rings is 1. The number of rotatable bonds is 4. The fraction of sp³-hybridized carbons (Fsp3) is 0.526. The smallest absolute Gasteiger partial charge is 0.338 e. The number of esters is 1. The van der Waals surface area contributed by atoms with Crippen LogP contribution in [-0.4, -0.2) is 54.4 Å². The highest BCUT2D eigenvalue weighted by Gasteiger charge is 2.71. The second-order valence-corrected chi connectivity index (χ2v) is 7.21. The van der Waals surface area contributed by atoms with Gasteiger partial charge in [-0.2, -0.15) is 0 Å². The third kappa shape index (κ3) is 2.24. The highest BCUT2D eigenvalue weighted by Crippen LogP contribution is 2.52. The largest absolute Gasteiger partial charge is 0.458 e. The zero-order valence-corrected chi connectivity index (χ0v) is 13.8. The van der Waals surface area contributed by atoms with Crippen LogP contribution in [0.3, 0.4) is 0 Å². The Morgan fingerprint density at radius 2 is 1.87 bits per heavy atom. The standard InChI is InChI=1S/C19H24NO3/c1-4-20(3)15-10-14(11-16(20)18-17(15)23-18)22-19(21)12(2)13-8-6-5-7-9-13/h5-9,14-18H,2,4,10-11H2,1,3H3/q+1/t14?,15-,16+,17?,18?,20?. The number of hydrogen-bond acceptors (Lipinski definition) is 3. The Bertz CT molecular complexity index is 623. The number of epoxide rings is 1. The minimum atomic E-state index is -0.289. The van der Waals surface area contributed by atoms with Gasteiger partial charge in [-0.15, -0.1) is 0 Å². The lowest BCUT2D eigenvalue weighted by molar-refractivity contribution is -0.954. The van der Waals surface area contributed by atoms with Crippen molar-refractivity contribution in [1.29, 1.82) is 0 Å². The zero-order valence-electron chi connectivity index (χ0n) is 13.8. The summed E-state index contributed by atoms with van der Waals surface area (Å²) in [4.78, 5) is 12.4. The van der Waals surface area contributed by atoms with Crippen LogP contribution >= 0.6 is 0 Å². The highest BCUT2D eigenvalue weighted by atomic mass is 16.6. The van der Waals surface area contributed by atoms with E-state index in [1.165, 1.54) is 0 Å². The molecule has 3 heterocycles. The van der Waals surface area contributed by atoms with Crippen molar-refractivity contribution < 1.29 is 18.8 Å². The van der Waals surface area contributed by atoms with E-state index >= 15 is 0 Å². The molecule has 0 spiro atoms. The van der Waals surface area contributed by atoms with Gasteiger partial charge in [0.1, 0.15) is 30.4 Å². The van der Waals surface area contributed by atoms with Gasteiger partial charge in [0.15, 0.2) is 0 Å². The van der Waals surface area contributed by atoms with Crippen LogP contribution in [0.15, 0.2) is 36.9 Å². The lowest BCUT2D eigenvalue weighted by Gasteiger charge is -2.47. The summed E-state index contributed by atoms with van der Waals surface area (Å²) >= 11 is 0. The summed E-state index contributed by atoms with van der Waals surface area (Å²) < 4.78 is 12.7. The number of likely N-dealkylation sites (N-methyl/N-ethyl adjacent to an activating group) is 1. The monoisotopic (exact) mass is 314 g/mol. The lowest BCUT2D eigenvalue weighted by atomic mass is 9.95. The number of carbonyl (C=O) groups excluding carboxylic acids is 1. The van der Waals surface area contributed by atoms with Gasteiger partial charge in [0.05, 0.1) is 19.2 Å². The first-order valence-corrected chi connectivity index (χ1v) is 8.50. The van der Waals surface area contributed by atoms with Crippen molar-refractivity contribution in [2.45, 2.75) is 50.2 Å². The van der Waals surface area contributed by atoms with Gasteiger partial charge >= 0.3 is 5.97 Å². The van der Waals surface area contributed by atoms with E-state index < -0.39 is 0 Å². The molecule has 0 saturated carbocycles. The molecule has 23 heavy (non-hydrogen) atoms. The summed E-state index contributed by atoms with van der Waals surface area (Å²) in [5.41, 5.74) is 1.27.